The van der Waals surface area contributed by atoms with Crippen molar-refractivity contribution >= 4 is 35.0 Å². The highest BCUT2D eigenvalue weighted by Crippen LogP contribution is 2.23. The van der Waals surface area contributed by atoms with Gasteiger partial charge in [0.2, 0.25) is 5.95 Å². The lowest BCUT2D eigenvalue weighted by Gasteiger charge is -2.09. The van der Waals surface area contributed by atoms with Gasteiger partial charge >= 0.3 is 0 Å². The minimum absolute atomic E-state index is 0.549. The Balaban J connectivity index is 1.54. The molecule has 1 saturated carbocycles. The first-order valence-electron chi connectivity index (χ1n) is 6.98. The smallest absolute Gasteiger partial charge is 0.224 e. The molecule has 1 heterocycles. The van der Waals surface area contributed by atoms with E-state index in [0.717, 1.165) is 24.3 Å². The van der Waals surface area contributed by atoms with Crippen LogP contribution in [0.15, 0.2) is 30.5 Å². The Morgan fingerprint density at radius 3 is 2.81 bits per heavy atom. The van der Waals surface area contributed by atoms with Gasteiger partial charge in [-0.25, -0.2) is 4.98 Å². The molecule has 1 aliphatic rings. The average molecular weight is 323 g/mol. The summed E-state index contributed by atoms with van der Waals surface area (Å²) in [5.74, 6) is 1.50. The number of nitrogens with zero attached hydrogens (tertiary/aromatic N) is 2. The fourth-order valence-electron chi connectivity index (χ4n) is 1.99. The molecule has 0 unspecified atom stereocenters. The van der Waals surface area contributed by atoms with Crippen LogP contribution in [0.4, 0.5) is 11.8 Å². The minimum atomic E-state index is 0.549. The first-order chi connectivity index (χ1) is 10.2. The van der Waals surface area contributed by atoms with E-state index in [1.807, 2.05) is 18.2 Å². The summed E-state index contributed by atoms with van der Waals surface area (Å²) in [4.78, 5) is 8.64. The number of nitrogens with one attached hydrogen (secondary N) is 2. The van der Waals surface area contributed by atoms with Gasteiger partial charge in [-0.2, -0.15) is 4.98 Å². The van der Waals surface area contributed by atoms with Crippen LogP contribution in [0.1, 0.15) is 18.4 Å². The summed E-state index contributed by atoms with van der Waals surface area (Å²) in [7, 11) is 0. The summed E-state index contributed by atoms with van der Waals surface area (Å²) in [6.07, 6.45) is 4.98. The third kappa shape index (κ3) is 4.22. The van der Waals surface area contributed by atoms with E-state index >= 15 is 0 Å². The van der Waals surface area contributed by atoms with Crippen LogP contribution in [0.5, 0.6) is 0 Å². The molecule has 0 radical (unpaired) electrons. The normalized spacial score (nSPS) is 14.0. The number of hydrogen-bond acceptors (Lipinski definition) is 4. The molecular weight excluding hydrogens is 307 g/mol. The molecule has 0 saturated heterocycles. The van der Waals surface area contributed by atoms with Crippen LogP contribution in [0, 0.1) is 0 Å². The van der Waals surface area contributed by atoms with Crippen LogP contribution in [0.3, 0.4) is 0 Å². The third-order valence-electron chi connectivity index (χ3n) is 3.28. The van der Waals surface area contributed by atoms with Crippen molar-refractivity contribution in [2.75, 3.05) is 17.2 Å². The Morgan fingerprint density at radius 2 is 2.05 bits per heavy atom. The molecule has 21 heavy (non-hydrogen) atoms. The van der Waals surface area contributed by atoms with Gasteiger partial charge in [-0.15, -0.1) is 0 Å². The highest BCUT2D eigenvalue weighted by atomic mass is 35.5. The third-order valence-corrected chi connectivity index (χ3v) is 3.87. The fraction of sp³-hybridized carbons (Fsp3) is 0.333. The number of benzene rings is 1. The summed E-state index contributed by atoms with van der Waals surface area (Å²) in [6, 6.07) is 7.98. The van der Waals surface area contributed by atoms with E-state index in [4.69, 9.17) is 23.2 Å². The van der Waals surface area contributed by atoms with Crippen LogP contribution < -0.4 is 10.6 Å². The number of rotatable bonds is 6. The molecule has 0 spiro atoms. The number of aromatic nitrogens is 2. The first kappa shape index (κ1) is 14.4. The minimum Gasteiger partial charge on any atom is -0.370 e. The zero-order chi connectivity index (χ0) is 14.7. The van der Waals surface area contributed by atoms with Crippen molar-refractivity contribution in [3.63, 3.8) is 0 Å². The van der Waals surface area contributed by atoms with E-state index in [9.17, 15) is 0 Å². The predicted molar refractivity (Wildman–Crippen MR) is 87.3 cm³/mol. The molecule has 1 aliphatic carbocycles. The van der Waals surface area contributed by atoms with Gasteiger partial charge in [0, 0.05) is 28.8 Å². The maximum absolute atomic E-state index is 6.15. The zero-order valence-electron chi connectivity index (χ0n) is 11.4. The van der Waals surface area contributed by atoms with Gasteiger partial charge in [0.1, 0.15) is 5.82 Å². The monoisotopic (exact) mass is 322 g/mol. The van der Waals surface area contributed by atoms with Gasteiger partial charge in [0.05, 0.1) is 0 Å². The molecule has 1 fully saturated rings. The molecule has 2 aromatic rings. The van der Waals surface area contributed by atoms with E-state index in [1.54, 1.807) is 12.3 Å². The second-order valence-corrected chi connectivity index (χ2v) is 5.94. The second kappa shape index (κ2) is 6.50. The molecule has 0 aliphatic heterocycles. The van der Waals surface area contributed by atoms with Crippen LogP contribution in [-0.4, -0.2) is 22.6 Å². The van der Waals surface area contributed by atoms with Crippen molar-refractivity contribution in [3.05, 3.63) is 46.1 Å². The quantitative estimate of drug-likeness (QED) is 0.843. The van der Waals surface area contributed by atoms with Gasteiger partial charge < -0.3 is 10.6 Å². The van der Waals surface area contributed by atoms with E-state index in [0.29, 0.717) is 22.0 Å². The molecule has 0 bridgehead atoms. The van der Waals surface area contributed by atoms with Crippen molar-refractivity contribution in [1.82, 2.24) is 9.97 Å². The highest BCUT2D eigenvalue weighted by molar-refractivity contribution is 6.35. The molecule has 6 heteroatoms. The Kier molecular flexibility index (Phi) is 4.46. The highest BCUT2D eigenvalue weighted by Gasteiger charge is 2.21. The molecular formula is C15H16Cl2N4. The molecule has 1 aromatic carbocycles. The Labute approximate surface area is 133 Å². The zero-order valence-corrected chi connectivity index (χ0v) is 13.0. The van der Waals surface area contributed by atoms with Crippen molar-refractivity contribution in [2.24, 2.45) is 0 Å². The van der Waals surface area contributed by atoms with Crippen molar-refractivity contribution in [1.29, 1.82) is 0 Å². The van der Waals surface area contributed by atoms with Crippen LogP contribution in [0.2, 0.25) is 10.0 Å². The van der Waals surface area contributed by atoms with Crippen LogP contribution >= 0.6 is 23.2 Å². The van der Waals surface area contributed by atoms with Crippen LogP contribution in [-0.2, 0) is 6.42 Å². The van der Waals surface area contributed by atoms with E-state index in [1.165, 1.54) is 12.8 Å². The lowest BCUT2D eigenvalue weighted by molar-refractivity contribution is 0.991. The molecule has 0 atom stereocenters. The van der Waals surface area contributed by atoms with Crippen molar-refractivity contribution < 1.29 is 0 Å². The average Bonchev–Trinajstić information content (AvgIpc) is 3.26. The van der Waals surface area contributed by atoms with Gasteiger partial charge in [0.15, 0.2) is 0 Å². The molecule has 110 valence electrons. The Hall–Kier alpha value is -1.52. The summed E-state index contributed by atoms with van der Waals surface area (Å²) in [5.41, 5.74) is 1.07. The van der Waals surface area contributed by atoms with E-state index < -0.39 is 0 Å². The second-order valence-electron chi connectivity index (χ2n) is 5.10. The topological polar surface area (TPSA) is 49.8 Å². The molecule has 2 N–H and O–H groups in total. The van der Waals surface area contributed by atoms with E-state index in [-0.39, 0.29) is 0 Å². The van der Waals surface area contributed by atoms with E-state index in [2.05, 4.69) is 20.6 Å². The maximum Gasteiger partial charge on any atom is 0.224 e. The summed E-state index contributed by atoms with van der Waals surface area (Å²) in [5, 5.41) is 7.92. The standard InChI is InChI=1S/C15H16Cl2N4/c16-11-2-1-10(13(17)9-11)5-7-18-14-6-8-19-15(21-14)20-12-3-4-12/h1-2,6,8-9,12H,3-5,7H2,(H2,18,19,20,21). The van der Waals surface area contributed by atoms with Crippen LogP contribution in [0.25, 0.3) is 0 Å². The largest absolute Gasteiger partial charge is 0.370 e. The lowest BCUT2D eigenvalue weighted by Crippen LogP contribution is -2.10. The number of anilines is 2. The van der Waals surface area contributed by atoms with Crippen molar-refractivity contribution in [2.45, 2.75) is 25.3 Å². The van der Waals surface area contributed by atoms with Gasteiger partial charge in [0.25, 0.3) is 0 Å². The number of halogens is 2. The fourth-order valence-corrected chi connectivity index (χ4v) is 2.49. The van der Waals surface area contributed by atoms with Gasteiger partial charge in [-0.05, 0) is 43.0 Å². The Morgan fingerprint density at radius 1 is 1.19 bits per heavy atom. The molecule has 4 nitrogen and oxygen atoms in total. The summed E-state index contributed by atoms with van der Waals surface area (Å²) < 4.78 is 0. The SMILES string of the molecule is Clc1ccc(CCNc2ccnc(NC3CC3)n2)c(Cl)c1. The molecule has 1 aromatic heterocycles. The lowest BCUT2D eigenvalue weighted by atomic mass is 10.1. The van der Waals surface area contributed by atoms with Gasteiger partial charge in [-0.1, -0.05) is 29.3 Å². The number of hydrogen-bond donors (Lipinski definition) is 2. The Bertz CT molecular complexity index is 629. The summed E-state index contributed by atoms with van der Waals surface area (Å²) in [6.45, 7) is 0.751. The predicted octanol–water partition coefficient (Wildman–Crippen LogP) is 4.01. The maximum atomic E-state index is 6.15. The first-order valence-corrected chi connectivity index (χ1v) is 7.74. The molecule has 3 rings (SSSR count). The summed E-state index contributed by atoms with van der Waals surface area (Å²) >= 11 is 12.0. The van der Waals surface area contributed by atoms with Gasteiger partial charge in [-0.3, -0.25) is 0 Å². The molecule has 0 amide bonds. The van der Waals surface area contributed by atoms with Crippen molar-refractivity contribution in [3.8, 4) is 0 Å².